The maximum absolute atomic E-state index is 13.3. The number of pyridine rings is 1. The maximum Gasteiger partial charge on any atom is 0.322 e. The van der Waals surface area contributed by atoms with Crippen molar-refractivity contribution in [2.24, 2.45) is 0 Å². The van der Waals surface area contributed by atoms with Gasteiger partial charge in [-0.2, -0.15) is 0 Å². The third-order valence-electron chi connectivity index (χ3n) is 5.71. The Kier molecular flexibility index (Phi) is 6.38. The number of anilines is 1. The van der Waals surface area contributed by atoms with Gasteiger partial charge in [0.15, 0.2) is 0 Å². The highest BCUT2D eigenvalue weighted by Crippen LogP contribution is 2.28. The van der Waals surface area contributed by atoms with Gasteiger partial charge in [0.05, 0.1) is 19.2 Å². The molecule has 1 aromatic heterocycles. The van der Waals surface area contributed by atoms with Gasteiger partial charge in [-0.05, 0) is 49.2 Å². The summed E-state index contributed by atoms with van der Waals surface area (Å²) in [6.07, 6.45) is 5.52. The highest BCUT2D eigenvalue weighted by atomic mass is 35.5. The molecule has 0 aliphatic heterocycles. The van der Waals surface area contributed by atoms with Crippen molar-refractivity contribution in [1.82, 2.24) is 9.88 Å². The average molecular weight is 424 g/mol. The molecule has 2 aromatic carbocycles. The van der Waals surface area contributed by atoms with Crippen LogP contribution in [0.15, 0.2) is 54.6 Å². The molecule has 4 rings (SSSR count). The van der Waals surface area contributed by atoms with Crippen molar-refractivity contribution in [3.8, 4) is 5.75 Å². The first-order chi connectivity index (χ1) is 14.6. The summed E-state index contributed by atoms with van der Waals surface area (Å²) in [5.74, 6) is 0.756. The third kappa shape index (κ3) is 4.68. The molecule has 0 radical (unpaired) electrons. The molecule has 1 heterocycles. The number of carbonyl (C=O) groups excluding carboxylic acids is 1. The number of hydrogen-bond donors (Lipinski definition) is 1. The second-order valence-corrected chi connectivity index (χ2v) is 8.07. The Hall–Kier alpha value is -2.79. The molecule has 5 nitrogen and oxygen atoms in total. The summed E-state index contributed by atoms with van der Waals surface area (Å²) in [4.78, 5) is 19.7. The number of nitrogens with one attached hydrogen (secondary N) is 1. The fraction of sp³-hybridized carbons (Fsp3) is 0.333. The van der Waals surface area contributed by atoms with Crippen LogP contribution in [0.3, 0.4) is 0 Å². The SMILES string of the molecule is COc1ccc(NC(=O)N(Cc2cc3ccccc3nc2Cl)C2CCCCC2)cc1. The van der Waals surface area contributed by atoms with Crippen LogP contribution in [0.4, 0.5) is 10.5 Å². The number of methoxy groups -OCH3 is 1. The molecule has 1 fully saturated rings. The van der Waals surface area contributed by atoms with Crippen LogP contribution in [0.25, 0.3) is 10.9 Å². The van der Waals surface area contributed by atoms with E-state index in [1.54, 1.807) is 7.11 Å². The molecule has 0 bridgehead atoms. The van der Waals surface area contributed by atoms with E-state index in [1.165, 1.54) is 6.42 Å². The molecule has 1 N–H and O–H groups in total. The maximum atomic E-state index is 13.3. The third-order valence-corrected chi connectivity index (χ3v) is 6.04. The number of urea groups is 1. The van der Waals surface area contributed by atoms with E-state index in [0.717, 1.165) is 53.6 Å². The Labute approximate surface area is 182 Å². The fourth-order valence-electron chi connectivity index (χ4n) is 4.06. The summed E-state index contributed by atoms with van der Waals surface area (Å²) in [5.41, 5.74) is 2.47. The zero-order valence-electron chi connectivity index (χ0n) is 17.1. The van der Waals surface area contributed by atoms with Gasteiger partial charge >= 0.3 is 6.03 Å². The molecular formula is C24H26ClN3O2. The molecule has 0 unspecified atom stereocenters. The van der Waals surface area contributed by atoms with Crippen LogP contribution in [0.5, 0.6) is 5.75 Å². The number of amides is 2. The Bertz CT molecular complexity index is 1020. The number of para-hydroxylation sites is 1. The van der Waals surface area contributed by atoms with Gasteiger partial charge < -0.3 is 15.0 Å². The molecule has 0 saturated heterocycles. The molecule has 2 amide bonds. The van der Waals surface area contributed by atoms with Gasteiger partial charge in [0, 0.05) is 22.7 Å². The Balaban J connectivity index is 1.59. The zero-order valence-corrected chi connectivity index (χ0v) is 17.9. The lowest BCUT2D eigenvalue weighted by atomic mass is 9.94. The second-order valence-electron chi connectivity index (χ2n) is 7.71. The molecule has 0 atom stereocenters. The smallest absolute Gasteiger partial charge is 0.322 e. The molecule has 1 aliphatic carbocycles. The van der Waals surface area contributed by atoms with E-state index in [1.807, 2.05) is 59.5 Å². The van der Waals surface area contributed by atoms with Crippen LogP contribution < -0.4 is 10.1 Å². The molecule has 6 heteroatoms. The van der Waals surface area contributed by atoms with Crippen molar-refractivity contribution in [3.05, 3.63) is 65.3 Å². The van der Waals surface area contributed by atoms with E-state index >= 15 is 0 Å². The van der Waals surface area contributed by atoms with Crippen LogP contribution in [0.2, 0.25) is 5.15 Å². The predicted octanol–water partition coefficient (Wildman–Crippen LogP) is 6.26. The van der Waals surface area contributed by atoms with E-state index < -0.39 is 0 Å². The van der Waals surface area contributed by atoms with Gasteiger partial charge in [-0.3, -0.25) is 0 Å². The Morgan fingerprint density at radius 1 is 1.13 bits per heavy atom. The number of aromatic nitrogens is 1. The van der Waals surface area contributed by atoms with Gasteiger partial charge in [-0.25, -0.2) is 9.78 Å². The van der Waals surface area contributed by atoms with Crippen LogP contribution in [-0.4, -0.2) is 29.1 Å². The zero-order chi connectivity index (χ0) is 20.9. The first-order valence-corrected chi connectivity index (χ1v) is 10.8. The number of carbonyl (C=O) groups is 1. The van der Waals surface area contributed by atoms with E-state index in [4.69, 9.17) is 16.3 Å². The molecule has 30 heavy (non-hydrogen) atoms. The van der Waals surface area contributed by atoms with Crippen molar-refractivity contribution >= 4 is 34.2 Å². The molecule has 3 aromatic rings. The van der Waals surface area contributed by atoms with E-state index in [-0.39, 0.29) is 12.1 Å². The first-order valence-electron chi connectivity index (χ1n) is 10.4. The largest absolute Gasteiger partial charge is 0.497 e. The lowest BCUT2D eigenvalue weighted by Gasteiger charge is -2.34. The van der Waals surface area contributed by atoms with Crippen molar-refractivity contribution < 1.29 is 9.53 Å². The van der Waals surface area contributed by atoms with Crippen molar-refractivity contribution in [2.75, 3.05) is 12.4 Å². The Morgan fingerprint density at radius 3 is 2.60 bits per heavy atom. The highest BCUT2D eigenvalue weighted by molar-refractivity contribution is 6.30. The van der Waals surface area contributed by atoms with Crippen molar-refractivity contribution in [2.45, 2.75) is 44.7 Å². The Morgan fingerprint density at radius 2 is 1.87 bits per heavy atom. The topological polar surface area (TPSA) is 54.5 Å². The minimum absolute atomic E-state index is 0.115. The van der Waals surface area contributed by atoms with Gasteiger partial charge in [-0.1, -0.05) is 49.1 Å². The highest BCUT2D eigenvalue weighted by Gasteiger charge is 2.26. The second kappa shape index (κ2) is 9.35. The van der Waals surface area contributed by atoms with Gasteiger partial charge in [0.1, 0.15) is 10.9 Å². The number of fused-ring (bicyclic) bond motifs is 1. The number of benzene rings is 2. The number of ether oxygens (including phenoxy) is 1. The number of hydrogen-bond acceptors (Lipinski definition) is 3. The van der Waals surface area contributed by atoms with Crippen molar-refractivity contribution in [3.63, 3.8) is 0 Å². The lowest BCUT2D eigenvalue weighted by Crippen LogP contribution is -2.43. The number of halogens is 1. The summed E-state index contributed by atoms with van der Waals surface area (Å²) in [6.45, 7) is 0.434. The molecule has 0 spiro atoms. The quantitative estimate of drug-likeness (QED) is 0.492. The van der Waals surface area contributed by atoms with Crippen molar-refractivity contribution in [1.29, 1.82) is 0 Å². The van der Waals surface area contributed by atoms with E-state index in [0.29, 0.717) is 11.7 Å². The molecule has 156 valence electrons. The summed E-state index contributed by atoms with van der Waals surface area (Å²) in [7, 11) is 1.62. The van der Waals surface area contributed by atoms with Crippen LogP contribution in [0, 0.1) is 0 Å². The average Bonchev–Trinajstić information content (AvgIpc) is 2.78. The van der Waals surface area contributed by atoms with Gasteiger partial charge in [-0.15, -0.1) is 0 Å². The molecular weight excluding hydrogens is 398 g/mol. The van der Waals surface area contributed by atoms with Gasteiger partial charge in [0.25, 0.3) is 0 Å². The standard InChI is InChI=1S/C24H26ClN3O2/c1-30-21-13-11-19(12-14-21)26-24(29)28(20-8-3-2-4-9-20)16-18-15-17-7-5-6-10-22(17)27-23(18)25/h5-7,10-15,20H,2-4,8-9,16H2,1H3,(H,26,29). The fourth-order valence-corrected chi connectivity index (χ4v) is 4.27. The summed E-state index contributed by atoms with van der Waals surface area (Å²) in [6, 6.07) is 17.4. The summed E-state index contributed by atoms with van der Waals surface area (Å²) in [5, 5.41) is 4.51. The summed E-state index contributed by atoms with van der Waals surface area (Å²) < 4.78 is 5.20. The normalized spacial score (nSPS) is 14.5. The summed E-state index contributed by atoms with van der Waals surface area (Å²) >= 11 is 6.50. The molecule has 1 aliphatic rings. The van der Waals surface area contributed by atoms with Crippen LogP contribution >= 0.6 is 11.6 Å². The minimum Gasteiger partial charge on any atom is -0.497 e. The van der Waals surface area contributed by atoms with Crippen LogP contribution in [-0.2, 0) is 6.54 Å². The number of nitrogens with zero attached hydrogens (tertiary/aromatic N) is 2. The van der Waals surface area contributed by atoms with Gasteiger partial charge in [0.2, 0.25) is 0 Å². The lowest BCUT2D eigenvalue weighted by molar-refractivity contribution is 0.163. The first kappa shape index (κ1) is 20.5. The van der Waals surface area contributed by atoms with E-state index in [2.05, 4.69) is 10.3 Å². The van der Waals surface area contributed by atoms with E-state index in [9.17, 15) is 4.79 Å². The number of rotatable bonds is 5. The predicted molar refractivity (Wildman–Crippen MR) is 121 cm³/mol. The van der Waals surface area contributed by atoms with Crippen LogP contribution in [0.1, 0.15) is 37.7 Å². The monoisotopic (exact) mass is 423 g/mol. The molecule has 1 saturated carbocycles. The minimum atomic E-state index is -0.115.